The summed E-state index contributed by atoms with van der Waals surface area (Å²) < 4.78 is 15.6. The zero-order chi connectivity index (χ0) is 13.1. The van der Waals surface area contributed by atoms with Crippen LogP contribution in [-0.4, -0.2) is 15.6 Å². The maximum atomic E-state index is 13.7. The van der Waals surface area contributed by atoms with Crippen molar-refractivity contribution in [1.82, 2.24) is 14.9 Å². The summed E-state index contributed by atoms with van der Waals surface area (Å²) in [6, 6.07) is 5.45. The first-order chi connectivity index (χ1) is 8.58. The highest BCUT2D eigenvalue weighted by molar-refractivity contribution is 5.56. The molecule has 2 rings (SSSR count). The number of hydrogen-bond acceptors (Lipinski definition) is 2. The minimum Gasteiger partial charge on any atom is -0.334 e. The van der Waals surface area contributed by atoms with E-state index in [4.69, 9.17) is 0 Å². The SMILES string of the molecule is CC(C)NCc1cc(-c2nccn2C)ccc1F. The largest absolute Gasteiger partial charge is 0.334 e. The van der Waals surface area contributed by atoms with Gasteiger partial charge < -0.3 is 9.88 Å². The number of nitrogens with zero attached hydrogens (tertiary/aromatic N) is 2. The monoisotopic (exact) mass is 247 g/mol. The predicted octanol–water partition coefficient (Wildman–Crippen LogP) is 2.72. The van der Waals surface area contributed by atoms with Gasteiger partial charge in [0.15, 0.2) is 0 Å². The molecule has 1 aromatic heterocycles. The van der Waals surface area contributed by atoms with Crippen molar-refractivity contribution in [3.8, 4) is 11.4 Å². The van der Waals surface area contributed by atoms with Crippen LogP contribution in [0.3, 0.4) is 0 Å². The molecular weight excluding hydrogens is 229 g/mol. The van der Waals surface area contributed by atoms with Crippen molar-refractivity contribution in [3.05, 3.63) is 42.0 Å². The molecule has 96 valence electrons. The zero-order valence-corrected chi connectivity index (χ0v) is 10.9. The minimum absolute atomic E-state index is 0.180. The molecule has 0 bridgehead atoms. The lowest BCUT2D eigenvalue weighted by atomic mass is 10.1. The lowest BCUT2D eigenvalue weighted by Gasteiger charge is -2.10. The van der Waals surface area contributed by atoms with Crippen LogP contribution >= 0.6 is 0 Å². The Kier molecular flexibility index (Phi) is 3.77. The van der Waals surface area contributed by atoms with Gasteiger partial charge in [0.25, 0.3) is 0 Å². The Bertz CT molecular complexity index is 532. The molecule has 0 aliphatic heterocycles. The molecule has 0 radical (unpaired) electrons. The first-order valence-corrected chi connectivity index (χ1v) is 6.07. The number of halogens is 1. The summed E-state index contributed by atoms with van der Waals surface area (Å²) >= 11 is 0. The Hall–Kier alpha value is -1.68. The molecule has 3 nitrogen and oxygen atoms in total. The van der Waals surface area contributed by atoms with Gasteiger partial charge in [-0.2, -0.15) is 0 Å². The van der Waals surface area contributed by atoms with Crippen molar-refractivity contribution >= 4 is 0 Å². The Morgan fingerprint density at radius 2 is 2.17 bits per heavy atom. The molecule has 0 saturated carbocycles. The molecule has 0 aliphatic carbocycles. The van der Waals surface area contributed by atoms with E-state index in [9.17, 15) is 4.39 Å². The highest BCUT2D eigenvalue weighted by Crippen LogP contribution is 2.20. The van der Waals surface area contributed by atoms with Crippen molar-refractivity contribution in [2.45, 2.75) is 26.4 Å². The number of rotatable bonds is 4. The predicted molar refractivity (Wildman–Crippen MR) is 70.6 cm³/mol. The van der Waals surface area contributed by atoms with Crippen molar-refractivity contribution in [2.75, 3.05) is 0 Å². The second kappa shape index (κ2) is 5.31. The summed E-state index contributed by atoms with van der Waals surface area (Å²) in [5.41, 5.74) is 1.61. The maximum Gasteiger partial charge on any atom is 0.139 e. The maximum absolute atomic E-state index is 13.7. The molecule has 0 amide bonds. The zero-order valence-electron chi connectivity index (χ0n) is 10.9. The third-order valence-corrected chi connectivity index (χ3v) is 2.83. The molecule has 0 aliphatic rings. The second-order valence-electron chi connectivity index (χ2n) is 4.70. The average Bonchev–Trinajstić information content (AvgIpc) is 2.74. The van der Waals surface area contributed by atoms with Gasteiger partial charge in [-0.25, -0.2) is 9.37 Å². The van der Waals surface area contributed by atoms with Gasteiger partial charge in [0.2, 0.25) is 0 Å². The topological polar surface area (TPSA) is 29.9 Å². The number of nitrogens with one attached hydrogen (secondary N) is 1. The van der Waals surface area contributed by atoms with Gasteiger partial charge in [0, 0.05) is 43.2 Å². The highest BCUT2D eigenvalue weighted by atomic mass is 19.1. The van der Waals surface area contributed by atoms with Crippen LogP contribution in [0.2, 0.25) is 0 Å². The van der Waals surface area contributed by atoms with E-state index in [0.29, 0.717) is 18.2 Å². The first-order valence-electron chi connectivity index (χ1n) is 6.07. The molecule has 0 spiro atoms. The van der Waals surface area contributed by atoms with Gasteiger partial charge in [-0.3, -0.25) is 0 Å². The molecule has 2 aromatic rings. The fourth-order valence-electron chi connectivity index (χ4n) is 1.81. The van der Waals surface area contributed by atoms with E-state index < -0.39 is 0 Å². The van der Waals surface area contributed by atoms with E-state index in [-0.39, 0.29) is 5.82 Å². The summed E-state index contributed by atoms with van der Waals surface area (Å²) in [7, 11) is 1.93. The number of imidazole rings is 1. The van der Waals surface area contributed by atoms with E-state index >= 15 is 0 Å². The molecule has 18 heavy (non-hydrogen) atoms. The van der Waals surface area contributed by atoms with Gasteiger partial charge in [0.1, 0.15) is 11.6 Å². The Morgan fingerprint density at radius 3 is 2.78 bits per heavy atom. The Morgan fingerprint density at radius 1 is 1.39 bits per heavy atom. The molecule has 1 heterocycles. The van der Waals surface area contributed by atoms with Crippen molar-refractivity contribution in [3.63, 3.8) is 0 Å². The van der Waals surface area contributed by atoms with E-state index in [1.807, 2.05) is 37.7 Å². The third-order valence-electron chi connectivity index (χ3n) is 2.83. The van der Waals surface area contributed by atoms with Crippen LogP contribution in [-0.2, 0) is 13.6 Å². The van der Waals surface area contributed by atoms with Crippen molar-refractivity contribution in [1.29, 1.82) is 0 Å². The number of aryl methyl sites for hydroxylation is 1. The van der Waals surface area contributed by atoms with Crippen LogP contribution in [0.4, 0.5) is 4.39 Å². The van der Waals surface area contributed by atoms with E-state index in [2.05, 4.69) is 10.3 Å². The van der Waals surface area contributed by atoms with Gasteiger partial charge in [0.05, 0.1) is 0 Å². The third kappa shape index (κ3) is 2.76. The minimum atomic E-state index is -0.180. The summed E-state index contributed by atoms with van der Waals surface area (Å²) in [5, 5.41) is 3.22. The van der Waals surface area contributed by atoms with Crippen LogP contribution in [0.5, 0.6) is 0 Å². The Balaban J connectivity index is 2.29. The summed E-state index contributed by atoms with van der Waals surface area (Å²) in [6.45, 7) is 4.61. The quantitative estimate of drug-likeness (QED) is 0.900. The average molecular weight is 247 g/mol. The van der Waals surface area contributed by atoms with Crippen LogP contribution < -0.4 is 5.32 Å². The smallest absolute Gasteiger partial charge is 0.139 e. The van der Waals surface area contributed by atoms with Gasteiger partial charge in [-0.1, -0.05) is 13.8 Å². The highest BCUT2D eigenvalue weighted by Gasteiger charge is 2.08. The van der Waals surface area contributed by atoms with Crippen LogP contribution in [0.15, 0.2) is 30.6 Å². The molecule has 1 aromatic carbocycles. The standard InChI is InChI=1S/C14H18FN3/c1-10(2)17-9-12-8-11(4-5-13(12)15)14-16-6-7-18(14)3/h4-8,10,17H,9H2,1-3H3. The molecular formula is C14H18FN3. The molecule has 1 N–H and O–H groups in total. The van der Waals surface area contributed by atoms with Gasteiger partial charge in [-0.15, -0.1) is 0 Å². The lowest BCUT2D eigenvalue weighted by Crippen LogP contribution is -2.22. The molecule has 0 unspecified atom stereocenters. The normalized spacial score (nSPS) is 11.2. The van der Waals surface area contributed by atoms with Crippen LogP contribution in [0, 0.1) is 5.82 Å². The molecule has 0 atom stereocenters. The summed E-state index contributed by atoms with van der Waals surface area (Å²) in [4.78, 5) is 4.27. The number of hydrogen-bond donors (Lipinski definition) is 1. The Labute approximate surface area is 107 Å². The number of aromatic nitrogens is 2. The fraction of sp³-hybridized carbons (Fsp3) is 0.357. The molecule has 0 fully saturated rings. The fourth-order valence-corrected chi connectivity index (χ4v) is 1.81. The van der Waals surface area contributed by atoms with Gasteiger partial charge >= 0.3 is 0 Å². The van der Waals surface area contributed by atoms with E-state index in [1.165, 1.54) is 6.07 Å². The van der Waals surface area contributed by atoms with Crippen LogP contribution in [0.25, 0.3) is 11.4 Å². The van der Waals surface area contributed by atoms with Crippen LogP contribution in [0.1, 0.15) is 19.4 Å². The lowest BCUT2D eigenvalue weighted by molar-refractivity contribution is 0.553. The van der Waals surface area contributed by atoms with Gasteiger partial charge in [-0.05, 0) is 18.2 Å². The summed E-state index contributed by atoms with van der Waals surface area (Å²) in [6.07, 6.45) is 3.62. The van der Waals surface area contributed by atoms with E-state index in [0.717, 1.165) is 11.4 Å². The van der Waals surface area contributed by atoms with E-state index in [1.54, 1.807) is 12.3 Å². The van der Waals surface area contributed by atoms with Crippen molar-refractivity contribution in [2.24, 2.45) is 7.05 Å². The summed E-state index contributed by atoms with van der Waals surface area (Å²) in [5.74, 6) is 0.668. The molecule has 4 heteroatoms. The van der Waals surface area contributed by atoms with Crippen molar-refractivity contribution < 1.29 is 4.39 Å². The second-order valence-corrected chi connectivity index (χ2v) is 4.70. The molecule has 0 saturated heterocycles. The number of benzene rings is 1. The first kappa shape index (κ1) is 12.8.